The summed E-state index contributed by atoms with van der Waals surface area (Å²) in [5.74, 6) is 1.08. The molecule has 0 radical (unpaired) electrons. The highest BCUT2D eigenvalue weighted by atomic mass is 35.5. The molecule has 1 heterocycles. The topological polar surface area (TPSA) is 49.8 Å². The molecule has 0 saturated heterocycles. The molecule has 1 unspecified atom stereocenters. The molecule has 5 rings (SSSR count). The smallest absolute Gasteiger partial charge is 0.335 e. The second-order valence-corrected chi connectivity index (χ2v) is 10.7. The van der Waals surface area contributed by atoms with Crippen LogP contribution >= 0.6 is 11.6 Å². The monoisotopic (exact) mass is 479 g/mol. The number of allylic oxidation sites excluding steroid dienone is 2. The number of aryl methyl sites for hydroxylation is 1. The molecule has 1 aliphatic heterocycles. The van der Waals surface area contributed by atoms with Crippen LogP contribution in [0.5, 0.6) is 5.75 Å². The molecule has 0 bridgehead atoms. The molecule has 1 spiro atoms. The molecule has 2 aliphatic carbocycles. The third-order valence-electron chi connectivity index (χ3n) is 8.05. The predicted molar refractivity (Wildman–Crippen MR) is 137 cm³/mol. The Bertz CT molecular complexity index is 1100. The Kier molecular flexibility index (Phi) is 6.61. The maximum Gasteiger partial charge on any atom is 0.335 e. The van der Waals surface area contributed by atoms with E-state index >= 15 is 0 Å². The average molecular weight is 480 g/mol. The summed E-state index contributed by atoms with van der Waals surface area (Å²) in [6.07, 6.45) is 12.7. The molecule has 2 aromatic carbocycles. The molecule has 5 heteroatoms. The lowest BCUT2D eigenvalue weighted by atomic mass is 9.69. The minimum atomic E-state index is -0.900. The van der Waals surface area contributed by atoms with Crippen LogP contribution in [0.3, 0.4) is 0 Å². The maximum atomic E-state index is 11.8. The summed E-state index contributed by atoms with van der Waals surface area (Å²) in [6.45, 7) is 4.57. The molecular weight excluding hydrogens is 446 g/mol. The molecule has 3 aliphatic rings. The second kappa shape index (κ2) is 9.65. The normalized spacial score (nSPS) is 25.9. The van der Waals surface area contributed by atoms with Gasteiger partial charge in [-0.15, -0.1) is 0 Å². The fourth-order valence-electron chi connectivity index (χ4n) is 6.04. The summed E-state index contributed by atoms with van der Waals surface area (Å²) >= 11 is 6.34. The van der Waals surface area contributed by atoms with Gasteiger partial charge in [-0.3, -0.25) is 0 Å². The van der Waals surface area contributed by atoms with Crippen molar-refractivity contribution in [3.05, 3.63) is 70.3 Å². The highest BCUT2D eigenvalue weighted by Gasteiger charge is 2.43. The van der Waals surface area contributed by atoms with E-state index in [0.717, 1.165) is 55.2 Å². The molecule has 0 aromatic heterocycles. The van der Waals surface area contributed by atoms with E-state index in [0.29, 0.717) is 24.0 Å². The van der Waals surface area contributed by atoms with Gasteiger partial charge < -0.3 is 14.7 Å². The van der Waals surface area contributed by atoms with Crippen molar-refractivity contribution in [2.45, 2.75) is 57.3 Å². The number of halogens is 1. The van der Waals surface area contributed by atoms with Gasteiger partial charge in [0.25, 0.3) is 0 Å². The van der Waals surface area contributed by atoms with Crippen LogP contribution in [0.2, 0.25) is 5.02 Å². The number of hydrogen-bond acceptors (Lipinski definition) is 3. The van der Waals surface area contributed by atoms with Gasteiger partial charge in [0.05, 0.1) is 17.9 Å². The van der Waals surface area contributed by atoms with Crippen molar-refractivity contribution in [2.75, 3.05) is 24.6 Å². The highest BCUT2D eigenvalue weighted by molar-refractivity contribution is 6.30. The minimum Gasteiger partial charge on any atom is -0.490 e. The zero-order valence-electron chi connectivity index (χ0n) is 19.9. The number of nitrogens with zero attached hydrogens (tertiary/aromatic N) is 1. The number of unbranched alkanes of at least 4 members (excludes halogenated alkanes) is 1. The van der Waals surface area contributed by atoms with Crippen molar-refractivity contribution in [1.29, 1.82) is 0 Å². The number of benzene rings is 2. The van der Waals surface area contributed by atoms with Gasteiger partial charge in [-0.2, -0.15) is 0 Å². The van der Waals surface area contributed by atoms with Gasteiger partial charge in [0.2, 0.25) is 0 Å². The number of anilines is 1. The number of fused-ring (bicyclic) bond motifs is 3. The molecule has 1 fully saturated rings. The van der Waals surface area contributed by atoms with Crippen LogP contribution in [0.25, 0.3) is 0 Å². The fourth-order valence-corrected chi connectivity index (χ4v) is 6.24. The summed E-state index contributed by atoms with van der Waals surface area (Å²) in [5, 5.41) is 10.4. The number of rotatable bonds is 6. The third-order valence-corrected chi connectivity index (χ3v) is 8.29. The number of aromatic carboxylic acids is 1. The van der Waals surface area contributed by atoms with Gasteiger partial charge in [-0.1, -0.05) is 43.2 Å². The number of carbonyl (C=O) groups is 1. The van der Waals surface area contributed by atoms with Gasteiger partial charge >= 0.3 is 5.97 Å². The molecule has 3 atom stereocenters. The van der Waals surface area contributed by atoms with Crippen LogP contribution in [0.15, 0.2) is 48.6 Å². The highest BCUT2D eigenvalue weighted by Crippen LogP contribution is 2.46. The van der Waals surface area contributed by atoms with Crippen molar-refractivity contribution in [1.82, 2.24) is 0 Å². The molecule has 1 saturated carbocycles. The van der Waals surface area contributed by atoms with Crippen molar-refractivity contribution in [2.24, 2.45) is 11.8 Å². The second-order valence-electron chi connectivity index (χ2n) is 10.3. The molecule has 34 heavy (non-hydrogen) atoms. The quantitative estimate of drug-likeness (QED) is 0.458. The number of ether oxygens (including phenoxy) is 1. The summed E-state index contributed by atoms with van der Waals surface area (Å²) in [7, 11) is 0. The zero-order chi connectivity index (χ0) is 23.7. The van der Waals surface area contributed by atoms with Crippen LogP contribution < -0.4 is 9.64 Å². The molecule has 2 aromatic rings. The standard InChI is InChI=1S/C29H34ClNO3/c1-2-3-4-6-20-8-9-23(20)17-31-18-29(14-5-7-21-15-24(30)11-12-25(21)29)19-34-27-13-10-22(28(32)33)16-26(27)31/h4,6,10-13,15-16,20,23H,2-3,5,7-9,14,17-19H2,1H3,(H,32,33)/b6-4+/t20-,23+,29?/m1/s1. The molecule has 0 amide bonds. The van der Waals surface area contributed by atoms with E-state index < -0.39 is 5.97 Å². The fraction of sp³-hybridized carbons (Fsp3) is 0.483. The first-order chi connectivity index (χ1) is 16.5. The third kappa shape index (κ3) is 4.45. The van der Waals surface area contributed by atoms with Crippen molar-refractivity contribution < 1.29 is 14.6 Å². The van der Waals surface area contributed by atoms with Crippen LogP contribution in [0, 0.1) is 11.8 Å². The first kappa shape index (κ1) is 23.3. The van der Waals surface area contributed by atoms with Crippen LogP contribution in [-0.4, -0.2) is 30.8 Å². The zero-order valence-corrected chi connectivity index (χ0v) is 20.7. The Hall–Kier alpha value is -2.46. The molecule has 1 N–H and O–H groups in total. The predicted octanol–water partition coefficient (Wildman–Crippen LogP) is 6.89. The van der Waals surface area contributed by atoms with E-state index in [1.807, 2.05) is 18.2 Å². The van der Waals surface area contributed by atoms with Crippen LogP contribution in [-0.2, 0) is 11.8 Å². The average Bonchev–Trinajstić information content (AvgIpc) is 2.96. The lowest BCUT2D eigenvalue weighted by molar-refractivity contribution is 0.0697. The van der Waals surface area contributed by atoms with E-state index in [2.05, 4.69) is 36.1 Å². The summed E-state index contributed by atoms with van der Waals surface area (Å²) in [6, 6.07) is 11.6. The van der Waals surface area contributed by atoms with Crippen LogP contribution in [0.4, 0.5) is 5.69 Å². The van der Waals surface area contributed by atoms with E-state index in [9.17, 15) is 9.90 Å². The molecule has 180 valence electrons. The van der Waals surface area contributed by atoms with E-state index in [-0.39, 0.29) is 5.41 Å². The number of hydrogen-bond donors (Lipinski definition) is 1. The maximum absolute atomic E-state index is 11.8. The largest absolute Gasteiger partial charge is 0.490 e. The van der Waals surface area contributed by atoms with Gasteiger partial charge in [-0.05, 0) is 91.8 Å². The first-order valence-corrected chi connectivity index (χ1v) is 13.1. The van der Waals surface area contributed by atoms with E-state index in [1.54, 1.807) is 6.07 Å². The number of carboxylic acid groups (broad SMARTS) is 1. The van der Waals surface area contributed by atoms with Gasteiger partial charge in [0, 0.05) is 23.5 Å². The Morgan fingerprint density at radius 1 is 1.26 bits per heavy atom. The summed E-state index contributed by atoms with van der Waals surface area (Å²) in [5.41, 5.74) is 3.77. The van der Waals surface area contributed by atoms with E-state index in [4.69, 9.17) is 16.3 Å². The van der Waals surface area contributed by atoms with E-state index in [1.165, 1.54) is 30.4 Å². The van der Waals surface area contributed by atoms with Gasteiger partial charge in [0.15, 0.2) is 0 Å². The Balaban J connectivity index is 1.51. The Morgan fingerprint density at radius 3 is 2.91 bits per heavy atom. The molecule has 4 nitrogen and oxygen atoms in total. The van der Waals surface area contributed by atoms with Crippen molar-refractivity contribution in [3.8, 4) is 5.75 Å². The lowest BCUT2D eigenvalue weighted by Crippen LogP contribution is -2.48. The van der Waals surface area contributed by atoms with Gasteiger partial charge in [-0.25, -0.2) is 4.79 Å². The Morgan fingerprint density at radius 2 is 2.15 bits per heavy atom. The minimum absolute atomic E-state index is 0.127. The summed E-state index contributed by atoms with van der Waals surface area (Å²) in [4.78, 5) is 14.2. The SMILES string of the molecule is CCC/C=C/[C@@H]1CC[C@H]1CN1CC2(CCCc3cc(Cl)ccc32)COc2ccc(C(=O)O)cc21. The molecular formula is C29H34ClNO3. The summed E-state index contributed by atoms with van der Waals surface area (Å²) < 4.78 is 6.45. The lowest BCUT2D eigenvalue weighted by Gasteiger charge is -2.44. The Labute approximate surface area is 207 Å². The van der Waals surface area contributed by atoms with Crippen molar-refractivity contribution in [3.63, 3.8) is 0 Å². The first-order valence-electron chi connectivity index (χ1n) is 12.7. The van der Waals surface area contributed by atoms with Crippen molar-refractivity contribution >= 4 is 23.3 Å². The van der Waals surface area contributed by atoms with Gasteiger partial charge in [0.1, 0.15) is 5.75 Å². The van der Waals surface area contributed by atoms with Crippen LogP contribution in [0.1, 0.15) is 66.9 Å². The number of carboxylic acids is 1.